The van der Waals surface area contributed by atoms with Crippen LogP contribution in [0.25, 0.3) is 0 Å². The second-order valence-electron chi connectivity index (χ2n) is 5.71. The third-order valence-corrected chi connectivity index (χ3v) is 6.56. The molecule has 3 atom stereocenters. The Balaban J connectivity index is 2.45. The first-order valence-corrected chi connectivity index (χ1v) is 9.26. The van der Waals surface area contributed by atoms with Crippen molar-refractivity contribution in [2.45, 2.75) is 50.8 Å². The van der Waals surface area contributed by atoms with Crippen LogP contribution in [-0.2, 0) is 9.84 Å². The molecule has 0 radical (unpaired) electrons. The van der Waals surface area contributed by atoms with Gasteiger partial charge in [0, 0.05) is 6.04 Å². The summed E-state index contributed by atoms with van der Waals surface area (Å²) in [5.41, 5.74) is 2.46. The topological polar surface area (TPSA) is 46.2 Å². The highest BCUT2D eigenvalue weighted by molar-refractivity contribution is 7.92. The van der Waals surface area contributed by atoms with E-state index in [1.54, 1.807) is 0 Å². The van der Waals surface area contributed by atoms with E-state index in [9.17, 15) is 8.42 Å². The Labute approximate surface area is 122 Å². The average Bonchev–Trinajstić information content (AvgIpc) is 2.42. The lowest BCUT2D eigenvalue weighted by molar-refractivity contribution is 0.431. The highest BCUT2D eigenvalue weighted by Crippen LogP contribution is 2.40. The Morgan fingerprint density at radius 1 is 1.20 bits per heavy atom. The second kappa shape index (κ2) is 6.27. The number of sulfone groups is 1. The molecule has 0 amide bonds. The first kappa shape index (κ1) is 15.5. The predicted octanol–water partition coefficient (Wildman–Crippen LogP) is 3.04. The number of rotatable bonds is 5. The Morgan fingerprint density at radius 2 is 1.85 bits per heavy atom. The molecule has 0 aromatic heterocycles. The van der Waals surface area contributed by atoms with E-state index in [1.165, 1.54) is 5.56 Å². The van der Waals surface area contributed by atoms with Crippen LogP contribution in [0.1, 0.15) is 56.7 Å². The molecule has 4 heteroatoms. The summed E-state index contributed by atoms with van der Waals surface area (Å²) in [5.74, 6) is 0.590. The van der Waals surface area contributed by atoms with Crippen molar-refractivity contribution < 1.29 is 8.42 Å². The van der Waals surface area contributed by atoms with Gasteiger partial charge in [-0.2, -0.15) is 0 Å². The maximum Gasteiger partial charge on any atom is 0.155 e. The molecule has 1 aliphatic rings. The summed E-state index contributed by atoms with van der Waals surface area (Å²) < 4.78 is 25.2. The van der Waals surface area contributed by atoms with Crippen molar-refractivity contribution in [3.8, 4) is 0 Å². The summed E-state index contributed by atoms with van der Waals surface area (Å²) in [6.07, 6.45) is 1.41. The van der Waals surface area contributed by atoms with E-state index in [2.05, 4.69) is 24.4 Å². The number of nitrogens with one attached hydrogen (secondary N) is 1. The predicted molar refractivity (Wildman–Crippen MR) is 83.8 cm³/mol. The molecular formula is C16H25NO2S. The van der Waals surface area contributed by atoms with Crippen LogP contribution >= 0.6 is 0 Å². The number of benzene rings is 1. The summed E-state index contributed by atoms with van der Waals surface area (Å²) in [4.78, 5) is 0. The molecule has 1 aromatic rings. The van der Waals surface area contributed by atoms with E-state index in [1.807, 2.05) is 26.0 Å². The Morgan fingerprint density at radius 3 is 2.45 bits per heavy atom. The number of fused-ring (bicyclic) bond motifs is 1. The average molecular weight is 295 g/mol. The van der Waals surface area contributed by atoms with E-state index in [-0.39, 0.29) is 17.0 Å². The van der Waals surface area contributed by atoms with E-state index >= 15 is 0 Å². The lowest BCUT2D eigenvalue weighted by Crippen LogP contribution is -2.42. The Kier molecular flexibility index (Phi) is 4.86. The minimum absolute atomic E-state index is 0.0658. The molecule has 0 saturated heterocycles. The van der Waals surface area contributed by atoms with Gasteiger partial charge in [-0.25, -0.2) is 8.42 Å². The largest absolute Gasteiger partial charge is 0.309 e. The lowest BCUT2D eigenvalue weighted by Gasteiger charge is -2.37. The summed E-state index contributed by atoms with van der Waals surface area (Å²) >= 11 is 0. The monoisotopic (exact) mass is 295 g/mol. The second-order valence-corrected chi connectivity index (χ2v) is 8.05. The van der Waals surface area contributed by atoms with Crippen molar-refractivity contribution in [3.05, 3.63) is 35.4 Å². The van der Waals surface area contributed by atoms with Gasteiger partial charge >= 0.3 is 0 Å². The van der Waals surface area contributed by atoms with Gasteiger partial charge in [0.1, 0.15) is 0 Å². The molecular weight excluding hydrogens is 270 g/mol. The molecule has 1 aliphatic carbocycles. The fourth-order valence-corrected chi connectivity index (χ4v) is 5.42. The smallest absolute Gasteiger partial charge is 0.155 e. The van der Waals surface area contributed by atoms with Crippen molar-refractivity contribution in [3.63, 3.8) is 0 Å². The molecule has 2 rings (SSSR count). The van der Waals surface area contributed by atoms with Crippen LogP contribution < -0.4 is 5.32 Å². The van der Waals surface area contributed by atoms with Crippen LogP contribution in [0.2, 0.25) is 0 Å². The van der Waals surface area contributed by atoms with Gasteiger partial charge < -0.3 is 5.32 Å². The highest BCUT2D eigenvalue weighted by atomic mass is 32.2. The number of hydrogen-bond donors (Lipinski definition) is 1. The molecule has 0 fully saturated rings. The van der Waals surface area contributed by atoms with Gasteiger partial charge in [0.05, 0.1) is 11.0 Å². The Bertz CT molecular complexity index is 553. The first-order valence-electron chi connectivity index (χ1n) is 7.55. The maximum atomic E-state index is 12.6. The fraction of sp³-hybridized carbons (Fsp3) is 0.625. The van der Waals surface area contributed by atoms with Crippen molar-refractivity contribution in [1.82, 2.24) is 5.32 Å². The van der Waals surface area contributed by atoms with Gasteiger partial charge in [-0.1, -0.05) is 45.0 Å². The molecule has 3 unspecified atom stereocenters. The van der Waals surface area contributed by atoms with Crippen molar-refractivity contribution in [1.29, 1.82) is 0 Å². The molecule has 3 nitrogen and oxygen atoms in total. The molecule has 0 heterocycles. The van der Waals surface area contributed by atoms with Crippen LogP contribution in [0, 0.1) is 0 Å². The molecule has 1 aromatic carbocycles. The van der Waals surface area contributed by atoms with Gasteiger partial charge in [0.15, 0.2) is 9.84 Å². The van der Waals surface area contributed by atoms with E-state index in [4.69, 9.17) is 0 Å². The molecule has 1 N–H and O–H groups in total. The van der Waals surface area contributed by atoms with Crippen LogP contribution in [-0.4, -0.2) is 26.0 Å². The van der Waals surface area contributed by atoms with Crippen LogP contribution in [0.15, 0.2) is 24.3 Å². The van der Waals surface area contributed by atoms with Crippen LogP contribution in [0.4, 0.5) is 0 Å². The van der Waals surface area contributed by atoms with Crippen LogP contribution in [0.5, 0.6) is 0 Å². The summed E-state index contributed by atoms with van der Waals surface area (Å²) in [5, 5.41) is 3.10. The zero-order valence-corrected chi connectivity index (χ0v) is 13.4. The zero-order valence-electron chi connectivity index (χ0n) is 12.6. The van der Waals surface area contributed by atoms with Gasteiger partial charge in [-0.3, -0.25) is 0 Å². The normalized spacial score (nSPS) is 26.2. The molecule has 0 aliphatic heterocycles. The van der Waals surface area contributed by atoms with Gasteiger partial charge in [0.25, 0.3) is 0 Å². The molecule has 112 valence electrons. The quantitative estimate of drug-likeness (QED) is 0.908. The van der Waals surface area contributed by atoms with Crippen molar-refractivity contribution >= 4 is 9.84 Å². The molecule has 0 bridgehead atoms. The standard InChI is InChI=1S/C16H25NO2S/c1-4-10-20(18,19)15-11-12(3)13-8-6-7-9-14(13)16(15)17-5-2/h6-9,12,15-17H,4-5,10-11H2,1-3H3. The van der Waals surface area contributed by atoms with E-state index in [0.717, 1.165) is 18.5 Å². The van der Waals surface area contributed by atoms with Crippen molar-refractivity contribution in [2.24, 2.45) is 0 Å². The summed E-state index contributed by atoms with van der Waals surface area (Å²) in [6.45, 7) is 6.88. The van der Waals surface area contributed by atoms with Gasteiger partial charge in [-0.15, -0.1) is 0 Å². The maximum absolute atomic E-state index is 12.6. The Hall–Kier alpha value is -0.870. The number of hydrogen-bond acceptors (Lipinski definition) is 3. The van der Waals surface area contributed by atoms with E-state index in [0.29, 0.717) is 12.3 Å². The molecule has 20 heavy (non-hydrogen) atoms. The van der Waals surface area contributed by atoms with E-state index < -0.39 is 9.84 Å². The third kappa shape index (κ3) is 2.91. The SMILES string of the molecule is CCCS(=O)(=O)C1CC(C)c2ccccc2C1NCC. The molecule has 0 saturated carbocycles. The lowest BCUT2D eigenvalue weighted by atomic mass is 9.80. The fourth-order valence-electron chi connectivity index (χ4n) is 3.31. The third-order valence-electron chi connectivity index (χ3n) is 4.19. The zero-order chi connectivity index (χ0) is 14.8. The molecule has 0 spiro atoms. The first-order chi connectivity index (χ1) is 9.51. The van der Waals surface area contributed by atoms with Gasteiger partial charge in [0.2, 0.25) is 0 Å². The van der Waals surface area contributed by atoms with Crippen LogP contribution in [0.3, 0.4) is 0 Å². The minimum Gasteiger partial charge on any atom is -0.309 e. The summed E-state index contributed by atoms with van der Waals surface area (Å²) in [6, 6.07) is 8.19. The highest BCUT2D eigenvalue weighted by Gasteiger charge is 2.39. The minimum atomic E-state index is -3.04. The van der Waals surface area contributed by atoms with Gasteiger partial charge in [-0.05, 0) is 36.4 Å². The van der Waals surface area contributed by atoms with Crippen molar-refractivity contribution in [2.75, 3.05) is 12.3 Å². The summed E-state index contributed by atoms with van der Waals surface area (Å²) in [7, 11) is -3.04.